The zero-order valence-corrected chi connectivity index (χ0v) is 9.81. The van der Waals surface area contributed by atoms with Crippen LogP contribution in [0.3, 0.4) is 0 Å². The summed E-state index contributed by atoms with van der Waals surface area (Å²) in [7, 11) is 0. The van der Waals surface area contributed by atoms with Gasteiger partial charge < -0.3 is 0 Å². The lowest BCUT2D eigenvalue weighted by Crippen LogP contribution is -2.09. The quantitative estimate of drug-likeness (QED) is 0.611. The van der Waals surface area contributed by atoms with Crippen LogP contribution in [0.4, 0.5) is 4.39 Å². The summed E-state index contributed by atoms with van der Waals surface area (Å²) in [5, 5.41) is 0. The van der Waals surface area contributed by atoms with E-state index in [-0.39, 0.29) is 11.4 Å². The molecular weight excluding hydrogens is 231 g/mol. The van der Waals surface area contributed by atoms with Gasteiger partial charge in [0.15, 0.2) is 5.78 Å². The molecule has 0 aliphatic heterocycles. The summed E-state index contributed by atoms with van der Waals surface area (Å²) in [5.41, 5.74) is 1.28. The molecule has 0 aliphatic rings. The van der Waals surface area contributed by atoms with Crippen LogP contribution >= 0.6 is 0 Å². The average molecular weight is 242 g/mol. The van der Waals surface area contributed by atoms with Gasteiger partial charge in [-0.15, -0.1) is 0 Å². The number of hydrogen-bond acceptors (Lipinski definition) is 2. The maximum Gasteiger partial charge on any atom is 0.228 e. The summed E-state index contributed by atoms with van der Waals surface area (Å²) in [4.78, 5) is 22.6. The van der Waals surface area contributed by atoms with Crippen LogP contribution in [-0.4, -0.2) is 11.6 Å². The van der Waals surface area contributed by atoms with Gasteiger partial charge in [0.2, 0.25) is 5.78 Å². The molecule has 2 nitrogen and oxygen atoms in total. The van der Waals surface area contributed by atoms with E-state index in [1.165, 1.54) is 19.1 Å². The van der Waals surface area contributed by atoms with Crippen LogP contribution in [0.5, 0.6) is 0 Å². The van der Waals surface area contributed by atoms with E-state index in [1.54, 1.807) is 36.4 Å². The third kappa shape index (κ3) is 2.35. The van der Waals surface area contributed by atoms with Crippen LogP contribution < -0.4 is 0 Å². The first-order valence-corrected chi connectivity index (χ1v) is 5.50. The number of ketones is 2. The Hall–Kier alpha value is -2.29. The van der Waals surface area contributed by atoms with Gasteiger partial charge >= 0.3 is 0 Å². The number of carbonyl (C=O) groups excluding carboxylic acids is 2. The van der Waals surface area contributed by atoms with Gasteiger partial charge in [0.05, 0.1) is 0 Å². The summed E-state index contributed by atoms with van der Waals surface area (Å²) in [6, 6.07) is 12.7. The van der Waals surface area contributed by atoms with Crippen LogP contribution in [0, 0.1) is 5.82 Å². The number of carbonyl (C=O) groups is 2. The highest BCUT2D eigenvalue weighted by molar-refractivity contribution is 6.43. The highest BCUT2D eigenvalue weighted by Crippen LogP contribution is 2.23. The van der Waals surface area contributed by atoms with Gasteiger partial charge in [-0.05, 0) is 17.7 Å². The van der Waals surface area contributed by atoms with Crippen molar-refractivity contribution in [3.63, 3.8) is 0 Å². The normalized spacial score (nSPS) is 10.1. The lowest BCUT2D eigenvalue weighted by atomic mass is 10.00. The van der Waals surface area contributed by atoms with Gasteiger partial charge in [0.25, 0.3) is 0 Å². The van der Waals surface area contributed by atoms with Gasteiger partial charge in [-0.2, -0.15) is 0 Å². The molecule has 0 aliphatic carbocycles. The zero-order chi connectivity index (χ0) is 13.1. The molecule has 18 heavy (non-hydrogen) atoms. The van der Waals surface area contributed by atoms with Crippen molar-refractivity contribution in [3.05, 3.63) is 59.9 Å². The Labute approximate surface area is 104 Å². The Balaban J connectivity index is 2.48. The standard InChI is InChI=1S/C15H11FO2/c1-10(17)15(18)12-6-4-5-11(9-12)13-7-2-3-8-14(13)16/h2-9H,1H3. The minimum Gasteiger partial charge on any atom is -0.291 e. The van der Waals surface area contributed by atoms with Crippen molar-refractivity contribution in [1.82, 2.24) is 0 Å². The molecule has 3 heteroatoms. The van der Waals surface area contributed by atoms with Gasteiger partial charge in [-0.25, -0.2) is 4.39 Å². The van der Waals surface area contributed by atoms with Gasteiger partial charge in [0.1, 0.15) is 5.82 Å². The molecule has 0 atom stereocenters. The smallest absolute Gasteiger partial charge is 0.228 e. The van der Waals surface area contributed by atoms with E-state index >= 15 is 0 Å². The zero-order valence-electron chi connectivity index (χ0n) is 9.81. The van der Waals surface area contributed by atoms with Crippen LogP contribution in [0.2, 0.25) is 0 Å². The molecular formula is C15H11FO2. The molecule has 0 bridgehead atoms. The molecule has 0 aromatic heterocycles. The number of halogens is 1. The average Bonchev–Trinajstić information content (AvgIpc) is 2.38. The van der Waals surface area contributed by atoms with Gasteiger partial charge in [-0.3, -0.25) is 9.59 Å². The fourth-order valence-electron chi connectivity index (χ4n) is 1.73. The second-order valence-corrected chi connectivity index (χ2v) is 3.95. The van der Waals surface area contributed by atoms with Gasteiger partial charge in [-0.1, -0.05) is 36.4 Å². The van der Waals surface area contributed by atoms with E-state index in [0.717, 1.165) is 0 Å². The van der Waals surface area contributed by atoms with Crippen LogP contribution in [0.15, 0.2) is 48.5 Å². The molecule has 0 radical (unpaired) electrons. The third-order valence-corrected chi connectivity index (χ3v) is 2.63. The Morgan fingerprint density at radius 2 is 1.72 bits per heavy atom. The monoisotopic (exact) mass is 242 g/mol. The molecule has 2 aromatic carbocycles. The molecule has 0 fully saturated rings. The number of hydrogen-bond donors (Lipinski definition) is 0. The molecule has 0 amide bonds. The molecule has 0 saturated heterocycles. The highest BCUT2D eigenvalue weighted by atomic mass is 19.1. The molecule has 0 unspecified atom stereocenters. The number of Topliss-reactive ketones (excluding diaryl/α,β-unsaturated/α-hetero) is 2. The van der Waals surface area contributed by atoms with Crippen LogP contribution in [0.25, 0.3) is 11.1 Å². The van der Waals surface area contributed by atoms with Crippen molar-refractivity contribution in [2.24, 2.45) is 0 Å². The lowest BCUT2D eigenvalue weighted by Gasteiger charge is -2.05. The molecule has 2 rings (SSSR count). The van der Waals surface area contributed by atoms with Crippen molar-refractivity contribution >= 4 is 11.6 Å². The van der Waals surface area contributed by atoms with Gasteiger partial charge in [0, 0.05) is 18.1 Å². The van der Waals surface area contributed by atoms with Crippen molar-refractivity contribution in [3.8, 4) is 11.1 Å². The summed E-state index contributed by atoms with van der Waals surface area (Å²) in [5.74, 6) is -1.45. The van der Waals surface area contributed by atoms with E-state index in [0.29, 0.717) is 11.1 Å². The topological polar surface area (TPSA) is 34.1 Å². The SMILES string of the molecule is CC(=O)C(=O)c1cccc(-c2ccccc2F)c1. The highest BCUT2D eigenvalue weighted by Gasteiger charge is 2.12. The minimum atomic E-state index is -0.562. The molecule has 0 saturated carbocycles. The molecule has 0 heterocycles. The molecule has 2 aromatic rings. The number of benzene rings is 2. The predicted octanol–water partition coefficient (Wildman–Crippen LogP) is 3.26. The Bertz CT molecular complexity index is 617. The van der Waals surface area contributed by atoms with Crippen molar-refractivity contribution in [2.45, 2.75) is 6.92 Å². The third-order valence-electron chi connectivity index (χ3n) is 2.63. The summed E-state index contributed by atoms with van der Waals surface area (Å²) < 4.78 is 13.6. The van der Waals surface area contributed by atoms with E-state index < -0.39 is 11.6 Å². The lowest BCUT2D eigenvalue weighted by molar-refractivity contribution is -0.113. The van der Waals surface area contributed by atoms with E-state index in [9.17, 15) is 14.0 Å². The van der Waals surface area contributed by atoms with Crippen molar-refractivity contribution < 1.29 is 14.0 Å². The Morgan fingerprint density at radius 3 is 2.39 bits per heavy atom. The first kappa shape index (κ1) is 12.2. The Kier molecular flexibility index (Phi) is 3.33. The fraction of sp³-hybridized carbons (Fsp3) is 0.0667. The van der Waals surface area contributed by atoms with E-state index in [2.05, 4.69) is 0 Å². The van der Waals surface area contributed by atoms with Crippen LogP contribution in [-0.2, 0) is 4.79 Å². The molecule has 0 N–H and O–H groups in total. The molecule has 0 spiro atoms. The summed E-state index contributed by atoms with van der Waals surface area (Å²) in [6.07, 6.45) is 0. The largest absolute Gasteiger partial charge is 0.291 e. The van der Waals surface area contributed by atoms with Crippen molar-refractivity contribution in [1.29, 1.82) is 0 Å². The maximum atomic E-state index is 13.6. The second kappa shape index (κ2) is 4.92. The first-order chi connectivity index (χ1) is 8.59. The predicted molar refractivity (Wildman–Crippen MR) is 66.8 cm³/mol. The maximum absolute atomic E-state index is 13.6. The first-order valence-electron chi connectivity index (χ1n) is 5.50. The summed E-state index contributed by atoms with van der Waals surface area (Å²) >= 11 is 0. The second-order valence-electron chi connectivity index (χ2n) is 3.95. The summed E-state index contributed by atoms with van der Waals surface area (Å²) in [6.45, 7) is 1.22. The van der Waals surface area contributed by atoms with E-state index in [1.807, 2.05) is 0 Å². The fourth-order valence-corrected chi connectivity index (χ4v) is 1.73. The van der Waals surface area contributed by atoms with Crippen LogP contribution in [0.1, 0.15) is 17.3 Å². The Morgan fingerprint density at radius 1 is 1.00 bits per heavy atom. The molecule has 90 valence electrons. The van der Waals surface area contributed by atoms with E-state index in [4.69, 9.17) is 0 Å². The van der Waals surface area contributed by atoms with Crippen molar-refractivity contribution in [2.75, 3.05) is 0 Å². The minimum absolute atomic E-state index is 0.281. The number of rotatable bonds is 3.